The van der Waals surface area contributed by atoms with Gasteiger partial charge in [0.05, 0.1) is 0 Å². The minimum atomic E-state index is -0.0419. The quantitative estimate of drug-likeness (QED) is 0.303. The normalized spacial score (nSPS) is 19.7. The summed E-state index contributed by atoms with van der Waals surface area (Å²) in [4.78, 5) is 19.9. The predicted octanol–water partition coefficient (Wildman–Crippen LogP) is 7.92. The van der Waals surface area contributed by atoms with E-state index in [-0.39, 0.29) is 16.7 Å². The van der Waals surface area contributed by atoms with Crippen LogP contribution in [0.2, 0.25) is 0 Å². The molecule has 2 heterocycles. The number of pyridine rings is 1. The minimum Gasteiger partial charge on any atom is -0.456 e. The van der Waals surface area contributed by atoms with Gasteiger partial charge < -0.3 is 9.32 Å². The Morgan fingerprint density at radius 1 is 1.05 bits per heavy atom. The zero-order valence-electron chi connectivity index (χ0n) is 23.7. The van der Waals surface area contributed by atoms with Crippen molar-refractivity contribution >= 4 is 5.91 Å². The first-order valence-corrected chi connectivity index (χ1v) is 14.2. The highest BCUT2D eigenvalue weighted by atomic mass is 16.4. The van der Waals surface area contributed by atoms with E-state index in [4.69, 9.17) is 4.42 Å². The van der Waals surface area contributed by atoms with Crippen LogP contribution in [-0.2, 0) is 23.8 Å². The second-order valence-corrected chi connectivity index (χ2v) is 12.7. The van der Waals surface area contributed by atoms with Gasteiger partial charge in [0, 0.05) is 31.9 Å². The average molecular weight is 511 g/mol. The first-order chi connectivity index (χ1) is 18.1. The summed E-state index contributed by atoms with van der Waals surface area (Å²) in [6, 6.07) is 12.6. The van der Waals surface area contributed by atoms with E-state index in [1.165, 1.54) is 35.1 Å². The number of aryl methyl sites for hydroxylation is 1. The third kappa shape index (κ3) is 5.65. The van der Waals surface area contributed by atoms with E-state index < -0.39 is 0 Å². The Balaban J connectivity index is 1.37. The number of rotatable bonds is 7. The van der Waals surface area contributed by atoms with Crippen LogP contribution in [0.25, 0.3) is 0 Å². The number of fused-ring (bicyclic) bond motifs is 1. The van der Waals surface area contributed by atoms with Gasteiger partial charge >= 0.3 is 0 Å². The van der Waals surface area contributed by atoms with E-state index in [1.54, 1.807) is 6.20 Å². The molecular formula is C34H42N2O2. The molecule has 1 aromatic carbocycles. The van der Waals surface area contributed by atoms with Crippen LogP contribution in [0.4, 0.5) is 0 Å². The fourth-order valence-electron chi connectivity index (χ4n) is 6.15. The summed E-state index contributed by atoms with van der Waals surface area (Å²) in [5, 5.41) is 0. The molecule has 0 radical (unpaired) electrons. The van der Waals surface area contributed by atoms with Crippen molar-refractivity contribution in [2.24, 2.45) is 5.92 Å². The van der Waals surface area contributed by atoms with Crippen molar-refractivity contribution in [2.75, 3.05) is 6.54 Å². The van der Waals surface area contributed by atoms with Gasteiger partial charge in [-0.05, 0) is 102 Å². The van der Waals surface area contributed by atoms with E-state index in [2.05, 4.69) is 63.9 Å². The molecule has 4 nitrogen and oxygen atoms in total. The van der Waals surface area contributed by atoms with E-state index >= 15 is 0 Å². The summed E-state index contributed by atoms with van der Waals surface area (Å²) < 4.78 is 6.23. The molecule has 1 atom stereocenters. The average Bonchev–Trinajstić information content (AvgIpc) is 3.37. The lowest BCUT2D eigenvalue weighted by Gasteiger charge is -2.42. The van der Waals surface area contributed by atoms with Gasteiger partial charge in [0.1, 0.15) is 5.76 Å². The second kappa shape index (κ2) is 10.6. The molecule has 3 aromatic rings. The predicted molar refractivity (Wildman–Crippen MR) is 153 cm³/mol. The lowest BCUT2D eigenvalue weighted by Crippen LogP contribution is -2.35. The molecule has 0 saturated heterocycles. The number of hydrogen-bond donors (Lipinski definition) is 0. The Kier molecular flexibility index (Phi) is 7.35. The van der Waals surface area contributed by atoms with Crippen molar-refractivity contribution in [3.63, 3.8) is 0 Å². The van der Waals surface area contributed by atoms with Gasteiger partial charge in [-0.25, -0.2) is 0 Å². The Labute approximate surface area is 228 Å². The number of amides is 1. The molecule has 0 fully saturated rings. The van der Waals surface area contributed by atoms with Gasteiger partial charge in [-0.1, -0.05) is 58.0 Å². The standard InChI is InChI=1S/C34H42N2O2/c1-24-18-29-30(34(4,5)16-15-33(29,2)3)20-27(24)19-28-13-14-31(38-28)32(37)36(22-25-10-7-6-8-11-25)23-26-12-9-17-35-21-26/h6-7,9,12-14,17-18,20-21,25H,8,10-11,15-16,19,22-23H2,1-5H3. The number of hydrogen-bond acceptors (Lipinski definition) is 3. The molecule has 38 heavy (non-hydrogen) atoms. The third-order valence-electron chi connectivity index (χ3n) is 8.79. The van der Waals surface area contributed by atoms with Crippen LogP contribution < -0.4 is 0 Å². The topological polar surface area (TPSA) is 46.3 Å². The van der Waals surface area contributed by atoms with Crippen molar-refractivity contribution in [1.29, 1.82) is 0 Å². The number of carbonyl (C=O) groups is 1. The first kappa shape index (κ1) is 26.5. The molecule has 0 saturated carbocycles. The number of benzene rings is 1. The third-order valence-corrected chi connectivity index (χ3v) is 8.79. The maximum atomic E-state index is 13.7. The van der Waals surface area contributed by atoms with Gasteiger partial charge in [0.15, 0.2) is 5.76 Å². The van der Waals surface area contributed by atoms with Crippen molar-refractivity contribution in [3.05, 3.63) is 100 Å². The number of nitrogens with zero attached hydrogens (tertiary/aromatic N) is 2. The summed E-state index contributed by atoms with van der Waals surface area (Å²) in [5.41, 5.74) is 6.92. The van der Waals surface area contributed by atoms with Crippen LogP contribution in [0.15, 0.2) is 65.4 Å². The molecule has 200 valence electrons. The van der Waals surface area contributed by atoms with Crippen LogP contribution >= 0.6 is 0 Å². The SMILES string of the molecule is Cc1cc2c(cc1Cc1ccc(C(=O)N(Cc3cccnc3)CC3CC=CCC3)o1)C(C)(C)CCC2(C)C. The van der Waals surface area contributed by atoms with Gasteiger partial charge in [0.25, 0.3) is 5.91 Å². The van der Waals surface area contributed by atoms with Crippen LogP contribution in [0, 0.1) is 12.8 Å². The summed E-state index contributed by atoms with van der Waals surface area (Å²) in [7, 11) is 0. The number of aromatic nitrogens is 1. The first-order valence-electron chi connectivity index (χ1n) is 14.2. The molecule has 1 unspecified atom stereocenters. The molecule has 0 bridgehead atoms. The van der Waals surface area contributed by atoms with Crippen molar-refractivity contribution in [2.45, 2.75) is 90.5 Å². The number of furan rings is 1. The fraction of sp³-hybridized carbons (Fsp3) is 0.471. The molecule has 2 aliphatic carbocycles. The van der Waals surface area contributed by atoms with Crippen LogP contribution in [0.1, 0.15) is 104 Å². The number of carbonyl (C=O) groups excluding carboxylic acids is 1. The summed E-state index contributed by atoms with van der Waals surface area (Å²) in [6.45, 7) is 12.9. The molecule has 2 aromatic heterocycles. The summed E-state index contributed by atoms with van der Waals surface area (Å²) >= 11 is 0. The Hall–Kier alpha value is -3.14. The van der Waals surface area contributed by atoms with Crippen LogP contribution in [0.5, 0.6) is 0 Å². The van der Waals surface area contributed by atoms with Crippen molar-refractivity contribution in [1.82, 2.24) is 9.88 Å². The largest absolute Gasteiger partial charge is 0.456 e. The molecule has 1 amide bonds. The molecule has 0 aliphatic heterocycles. The maximum absolute atomic E-state index is 13.7. The van der Waals surface area contributed by atoms with E-state index in [1.807, 2.05) is 35.4 Å². The van der Waals surface area contributed by atoms with Crippen LogP contribution in [-0.4, -0.2) is 22.3 Å². The van der Waals surface area contributed by atoms with Crippen molar-refractivity contribution in [3.8, 4) is 0 Å². The highest BCUT2D eigenvalue weighted by molar-refractivity contribution is 5.91. The zero-order valence-corrected chi connectivity index (χ0v) is 23.7. The monoisotopic (exact) mass is 510 g/mol. The highest BCUT2D eigenvalue weighted by Gasteiger charge is 2.37. The number of allylic oxidation sites excluding steroid dienone is 2. The van der Waals surface area contributed by atoms with Gasteiger partial charge in [-0.3, -0.25) is 9.78 Å². The molecule has 5 rings (SSSR count). The minimum absolute atomic E-state index is 0.0419. The molecule has 4 heteroatoms. The maximum Gasteiger partial charge on any atom is 0.289 e. The Morgan fingerprint density at radius 2 is 1.82 bits per heavy atom. The molecule has 2 aliphatic rings. The molecular weight excluding hydrogens is 468 g/mol. The second-order valence-electron chi connectivity index (χ2n) is 12.7. The highest BCUT2D eigenvalue weighted by Crippen LogP contribution is 2.46. The lowest BCUT2D eigenvalue weighted by atomic mass is 9.62. The van der Waals surface area contributed by atoms with Gasteiger partial charge in [-0.2, -0.15) is 0 Å². The summed E-state index contributed by atoms with van der Waals surface area (Å²) in [6.07, 6.45) is 14.4. The molecule has 0 N–H and O–H groups in total. The Morgan fingerprint density at radius 3 is 2.50 bits per heavy atom. The molecule has 0 spiro atoms. The van der Waals surface area contributed by atoms with E-state index in [9.17, 15) is 4.79 Å². The van der Waals surface area contributed by atoms with Crippen molar-refractivity contribution < 1.29 is 9.21 Å². The lowest BCUT2D eigenvalue weighted by molar-refractivity contribution is 0.0676. The Bertz CT molecular complexity index is 1320. The zero-order chi connectivity index (χ0) is 26.9. The van der Waals surface area contributed by atoms with E-state index in [0.717, 1.165) is 37.1 Å². The summed E-state index contributed by atoms with van der Waals surface area (Å²) in [5.74, 6) is 1.69. The van der Waals surface area contributed by atoms with Crippen LogP contribution in [0.3, 0.4) is 0 Å². The van der Waals surface area contributed by atoms with Gasteiger partial charge in [-0.15, -0.1) is 0 Å². The smallest absolute Gasteiger partial charge is 0.289 e. The fourth-order valence-corrected chi connectivity index (χ4v) is 6.15. The van der Waals surface area contributed by atoms with E-state index in [0.29, 0.717) is 24.6 Å². The van der Waals surface area contributed by atoms with Gasteiger partial charge in [0.2, 0.25) is 0 Å².